The highest BCUT2D eigenvalue weighted by molar-refractivity contribution is 6.31. The number of carbonyl (C=O) groups is 2. The molecule has 1 aliphatic carbocycles. The molecule has 0 bridgehead atoms. The minimum Gasteiger partial charge on any atom is -0.357 e. The van der Waals surface area contributed by atoms with Gasteiger partial charge in [0.1, 0.15) is 23.5 Å². The average Bonchev–Trinajstić information content (AvgIpc) is 3.05. The van der Waals surface area contributed by atoms with Gasteiger partial charge in [0, 0.05) is 26.2 Å². The number of rotatable bonds is 5. The highest BCUT2D eigenvalue weighted by Crippen LogP contribution is 2.32. The topological polar surface area (TPSA) is 79.3 Å². The van der Waals surface area contributed by atoms with Crippen LogP contribution in [0.1, 0.15) is 54.7 Å². The lowest BCUT2D eigenvalue weighted by atomic mass is 9.83. The quantitative estimate of drug-likeness (QED) is 0.622. The molecule has 2 aromatic rings. The van der Waals surface area contributed by atoms with Crippen molar-refractivity contribution in [1.82, 2.24) is 25.1 Å². The van der Waals surface area contributed by atoms with Crippen molar-refractivity contribution < 1.29 is 18.4 Å². The van der Waals surface area contributed by atoms with Crippen LogP contribution < -0.4 is 10.6 Å². The van der Waals surface area contributed by atoms with Crippen molar-refractivity contribution in [3.63, 3.8) is 0 Å². The van der Waals surface area contributed by atoms with Crippen LogP contribution in [0.2, 0.25) is 5.02 Å². The number of likely N-dealkylation sites (N-methyl/N-ethyl adjacent to an activating group) is 1. The smallest absolute Gasteiger partial charge is 0.272 e. The molecule has 1 aromatic carbocycles. The second kappa shape index (κ2) is 10.4. The number of hydrogen-bond donors (Lipinski definition) is 2. The third kappa shape index (κ3) is 4.95. The first-order valence-electron chi connectivity index (χ1n) is 11.8. The summed E-state index contributed by atoms with van der Waals surface area (Å²) < 4.78 is 30.4. The average molecular weight is 494 g/mol. The number of halogens is 3. The molecule has 184 valence electrons. The molecule has 1 aromatic heterocycles. The van der Waals surface area contributed by atoms with Gasteiger partial charge in [0.15, 0.2) is 5.69 Å². The monoisotopic (exact) mass is 493 g/mol. The molecule has 0 saturated heterocycles. The van der Waals surface area contributed by atoms with Gasteiger partial charge in [0.05, 0.1) is 16.3 Å². The summed E-state index contributed by atoms with van der Waals surface area (Å²) >= 11 is 5.94. The minimum atomic E-state index is -0.857. The number of benzene rings is 1. The first kappa shape index (κ1) is 24.6. The highest BCUT2D eigenvalue weighted by Gasteiger charge is 2.33. The third-order valence-electron chi connectivity index (χ3n) is 6.82. The van der Waals surface area contributed by atoms with Crippen LogP contribution in [0.15, 0.2) is 12.1 Å². The van der Waals surface area contributed by atoms with Crippen molar-refractivity contribution in [3.05, 3.63) is 40.2 Å². The lowest BCUT2D eigenvalue weighted by Gasteiger charge is -2.29. The molecule has 2 amide bonds. The van der Waals surface area contributed by atoms with Crippen molar-refractivity contribution in [2.24, 2.45) is 5.92 Å². The van der Waals surface area contributed by atoms with Crippen LogP contribution >= 0.6 is 11.6 Å². The molecule has 1 unspecified atom stereocenters. The second-order valence-electron chi connectivity index (χ2n) is 9.18. The Morgan fingerprint density at radius 2 is 1.85 bits per heavy atom. The van der Waals surface area contributed by atoms with Gasteiger partial charge in [0.2, 0.25) is 5.91 Å². The first-order valence-corrected chi connectivity index (χ1v) is 12.1. The first-order chi connectivity index (χ1) is 16.3. The molecular weight excluding hydrogens is 464 g/mol. The summed E-state index contributed by atoms with van der Waals surface area (Å²) in [5, 5.41) is 5.36. The zero-order valence-electron chi connectivity index (χ0n) is 19.5. The Kier molecular flexibility index (Phi) is 7.52. The van der Waals surface area contributed by atoms with Crippen LogP contribution in [-0.4, -0.2) is 52.9 Å². The SMILES string of the molecule is CNC(=O)C(NC(=O)c1nc(-c2cc(Cl)c(F)cc2F)n2c1CN(C)CCC2)C1CCCCC1. The molecule has 0 spiro atoms. The Labute approximate surface area is 202 Å². The summed E-state index contributed by atoms with van der Waals surface area (Å²) in [7, 11) is 3.50. The maximum atomic E-state index is 14.8. The summed E-state index contributed by atoms with van der Waals surface area (Å²) in [6.07, 6.45) is 5.68. The van der Waals surface area contributed by atoms with E-state index in [-0.39, 0.29) is 33.9 Å². The molecule has 4 rings (SSSR count). The van der Waals surface area contributed by atoms with Crippen molar-refractivity contribution >= 4 is 23.4 Å². The van der Waals surface area contributed by atoms with Gasteiger partial charge in [-0.2, -0.15) is 0 Å². The van der Waals surface area contributed by atoms with E-state index in [1.54, 1.807) is 11.6 Å². The van der Waals surface area contributed by atoms with E-state index in [1.807, 2.05) is 7.05 Å². The number of carbonyl (C=O) groups excluding carboxylic acids is 2. The number of amides is 2. The van der Waals surface area contributed by atoms with Gasteiger partial charge in [0.25, 0.3) is 5.91 Å². The summed E-state index contributed by atoms with van der Waals surface area (Å²) in [6, 6.07) is 1.26. The molecule has 1 saturated carbocycles. The number of aromatic nitrogens is 2. The predicted molar refractivity (Wildman–Crippen MR) is 125 cm³/mol. The van der Waals surface area contributed by atoms with E-state index in [0.29, 0.717) is 18.8 Å². The fourth-order valence-electron chi connectivity index (χ4n) is 5.03. The lowest BCUT2D eigenvalue weighted by molar-refractivity contribution is -0.124. The Morgan fingerprint density at radius 1 is 1.12 bits per heavy atom. The van der Waals surface area contributed by atoms with Crippen LogP contribution in [0.25, 0.3) is 11.4 Å². The summed E-state index contributed by atoms with van der Waals surface area (Å²) in [5.74, 6) is -2.09. The van der Waals surface area contributed by atoms with E-state index in [0.717, 1.165) is 51.1 Å². The highest BCUT2D eigenvalue weighted by atomic mass is 35.5. The Morgan fingerprint density at radius 3 is 2.56 bits per heavy atom. The molecule has 2 N–H and O–H groups in total. The number of imidazole rings is 1. The molecule has 34 heavy (non-hydrogen) atoms. The van der Waals surface area contributed by atoms with Crippen LogP contribution in [0.4, 0.5) is 8.78 Å². The molecule has 10 heteroatoms. The van der Waals surface area contributed by atoms with Crippen LogP contribution in [0.5, 0.6) is 0 Å². The van der Waals surface area contributed by atoms with Gasteiger partial charge in [-0.1, -0.05) is 30.9 Å². The van der Waals surface area contributed by atoms with Crippen molar-refractivity contribution in [2.75, 3.05) is 20.6 Å². The minimum absolute atomic E-state index is 0.0337. The van der Waals surface area contributed by atoms with Crippen LogP contribution in [0.3, 0.4) is 0 Å². The van der Waals surface area contributed by atoms with Gasteiger partial charge in [-0.3, -0.25) is 9.59 Å². The van der Waals surface area contributed by atoms with Crippen LogP contribution in [0, 0.1) is 17.6 Å². The van der Waals surface area contributed by atoms with Gasteiger partial charge in [-0.05, 0) is 44.8 Å². The number of hydrogen-bond acceptors (Lipinski definition) is 4. The Hall–Kier alpha value is -2.52. The van der Waals surface area contributed by atoms with Gasteiger partial charge < -0.3 is 20.1 Å². The fourth-order valence-corrected chi connectivity index (χ4v) is 5.20. The van der Waals surface area contributed by atoms with Crippen molar-refractivity contribution in [3.8, 4) is 11.4 Å². The van der Waals surface area contributed by atoms with Crippen molar-refractivity contribution in [2.45, 2.75) is 57.7 Å². The normalized spacial score (nSPS) is 18.1. The molecule has 1 atom stereocenters. The molecule has 2 heterocycles. The lowest BCUT2D eigenvalue weighted by Crippen LogP contribution is -2.50. The third-order valence-corrected chi connectivity index (χ3v) is 7.11. The maximum Gasteiger partial charge on any atom is 0.272 e. The molecule has 1 aliphatic heterocycles. The van der Waals surface area contributed by atoms with E-state index in [2.05, 4.69) is 20.5 Å². The van der Waals surface area contributed by atoms with E-state index in [4.69, 9.17) is 11.6 Å². The van der Waals surface area contributed by atoms with E-state index in [9.17, 15) is 18.4 Å². The van der Waals surface area contributed by atoms with E-state index < -0.39 is 23.6 Å². The standard InChI is InChI=1S/C24H30ClF2N5O2/c1-28-23(33)20(14-7-4-3-5-8-14)30-24(34)21-19-13-31(2)9-6-10-32(19)22(29-21)15-11-16(25)18(27)12-17(15)26/h11-12,14,20H,3-10,13H2,1-2H3,(H,28,33)(H,30,34). The predicted octanol–water partition coefficient (Wildman–Crippen LogP) is 3.74. The summed E-state index contributed by atoms with van der Waals surface area (Å²) in [6.45, 7) is 1.74. The fraction of sp³-hybridized carbons (Fsp3) is 0.542. The second-order valence-corrected chi connectivity index (χ2v) is 9.59. The molecule has 1 fully saturated rings. The van der Waals surface area contributed by atoms with Crippen LogP contribution in [-0.2, 0) is 17.9 Å². The van der Waals surface area contributed by atoms with Gasteiger partial charge in [-0.15, -0.1) is 0 Å². The number of nitrogens with one attached hydrogen (secondary N) is 2. The molecule has 7 nitrogen and oxygen atoms in total. The van der Waals surface area contributed by atoms with E-state index in [1.165, 1.54) is 6.07 Å². The largest absolute Gasteiger partial charge is 0.357 e. The molecule has 2 aliphatic rings. The van der Waals surface area contributed by atoms with Gasteiger partial charge in [-0.25, -0.2) is 13.8 Å². The zero-order chi connectivity index (χ0) is 24.4. The van der Waals surface area contributed by atoms with E-state index >= 15 is 0 Å². The number of nitrogens with zero attached hydrogens (tertiary/aromatic N) is 3. The van der Waals surface area contributed by atoms with Crippen molar-refractivity contribution in [1.29, 1.82) is 0 Å². The Balaban J connectivity index is 1.74. The molecular formula is C24H30ClF2N5O2. The summed E-state index contributed by atoms with van der Waals surface area (Å²) in [4.78, 5) is 32.7. The van der Waals surface area contributed by atoms with Gasteiger partial charge >= 0.3 is 0 Å². The molecule has 0 radical (unpaired) electrons. The number of fused-ring (bicyclic) bond motifs is 1. The summed E-state index contributed by atoms with van der Waals surface area (Å²) in [5.41, 5.74) is 0.811. The maximum absolute atomic E-state index is 14.8. The zero-order valence-corrected chi connectivity index (χ0v) is 20.2. The Bertz CT molecular complexity index is 1080.